The fraction of sp³-hybridized carbons (Fsp3) is 0.118. The van der Waals surface area contributed by atoms with Crippen molar-refractivity contribution in [2.75, 3.05) is 11.1 Å². The minimum absolute atomic E-state index is 0.0721. The lowest BCUT2D eigenvalue weighted by molar-refractivity contribution is 0.525. The van der Waals surface area contributed by atoms with Gasteiger partial charge in [0.05, 0.1) is 6.04 Å². The first-order valence-corrected chi connectivity index (χ1v) is 7.58. The first-order valence-electron chi connectivity index (χ1n) is 7.58. The smallest absolute Gasteiger partial charge is 0.224 e. The van der Waals surface area contributed by atoms with Gasteiger partial charge in [-0.2, -0.15) is 15.1 Å². The molecule has 3 heterocycles. The molecule has 4 aromatic rings. The van der Waals surface area contributed by atoms with Crippen molar-refractivity contribution in [2.45, 2.75) is 13.0 Å². The van der Waals surface area contributed by atoms with Crippen molar-refractivity contribution >= 4 is 22.7 Å². The third-order valence-corrected chi connectivity index (χ3v) is 3.70. The van der Waals surface area contributed by atoms with Crippen LogP contribution in [-0.2, 0) is 0 Å². The lowest BCUT2D eigenvalue weighted by Gasteiger charge is -2.13. The van der Waals surface area contributed by atoms with E-state index in [0.717, 1.165) is 16.7 Å². The average molecular weight is 320 g/mol. The Morgan fingerprint density at radius 1 is 1.17 bits per heavy atom. The van der Waals surface area contributed by atoms with Crippen LogP contribution in [-0.4, -0.2) is 19.7 Å². The van der Waals surface area contributed by atoms with Crippen LogP contribution in [0.5, 0.6) is 0 Å². The van der Waals surface area contributed by atoms with Gasteiger partial charge in [0.1, 0.15) is 17.2 Å². The molecule has 1 aromatic carbocycles. The van der Waals surface area contributed by atoms with Gasteiger partial charge in [-0.05, 0) is 25.1 Å². The standard InChI is InChI=1S/C17H16N6O/c1-11(14-9-12-5-2-3-6-13(12)24-14)20-15-10-16(22-17(18)21-15)23-8-4-7-19-23/h2-11H,1H3,(H3,18,20,21,22)/t11-/m1/s1. The van der Waals surface area contributed by atoms with E-state index in [-0.39, 0.29) is 12.0 Å². The summed E-state index contributed by atoms with van der Waals surface area (Å²) in [6.45, 7) is 2.00. The second-order valence-electron chi connectivity index (χ2n) is 5.47. The molecule has 0 saturated carbocycles. The average Bonchev–Trinajstić information content (AvgIpc) is 3.24. The highest BCUT2D eigenvalue weighted by molar-refractivity contribution is 5.77. The molecule has 0 aliphatic carbocycles. The van der Waals surface area contributed by atoms with Crippen LogP contribution in [0.4, 0.5) is 11.8 Å². The molecule has 0 aliphatic heterocycles. The van der Waals surface area contributed by atoms with E-state index >= 15 is 0 Å². The number of nitrogens with zero attached hydrogens (tertiary/aromatic N) is 4. The van der Waals surface area contributed by atoms with Gasteiger partial charge >= 0.3 is 0 Å². The van der Waals surface area contributed by atoms with Crippen molar-refractivity contribution in [3.8, 4) is 5.82 Å². The number of para-hydroxylation sites is 1. The molecular weight excluding hydrogens is 304 g/mol. The largest absolute Gasteiger partial charge is 0.459 e. The molecule has 0 aliphatic rings. The number of benzene rings is 1. The van der Waals surface area contributed by atoms with E-state index < -0.39 is 0 Å². The van der Waals surface area contributed by atoms with Gasteiger partial charge in [0.15, 0.2) is 5.82 Å². The molecule has 0 unspecified atom stereocenters. The number of hydrogen-bond donors (Lipinski definition) is 2. The van der Waals surface area contributed by atoms with Gasteiger partial charge in [0.2, 0.25) is 5.95 Å². The van der Waals surface area contributed by atoms with Gasteiger partial charge in [0, 0.05) is 23.8 Å². The van der Waals surface area contributed by atoms with Crippen molar-refractivity contribution < 1.29 is 4.42 Å². The molecule has 0 amide bonds. The Balaban J connectivity index is 1.62. The van der Waals surface area contributed by atoms with Crippen molar-refractivity contribution in [2.24, 2.45) is 0 Å². The number of anilines is 2. The third-order valence-electron chi connectivity index (χ3n) is 3.70. The predicted octanol–water partition coefficient (Wildman–Crippen LogP) is 3.16. The minimum Gasteiger partial charge on any atom is -0.459 e. The van der Waals surface area contributed by atoms with E-state index in [1.165, 1.54) is 0 Å². The Bertz CT molecular complexity index is 943. The van der Waals surface area contributed by atoms with E-state index in [1.807, 2.05) is 43.3 Å². The highest BCUT2D eigenvalue weighted by atomic mass is 16.3. The number of furan rings is 1. The quantitative estimate of drug-likeness (QED) is 0.600. The summed E-state index contributed by atoms with van der Waals surface area (Å²) < 4.78 is 7.51. The molecule has 7 heteroatoms. The van der Waals surface area contributed by atoms with Crippen LogP contribution in [0.15, 0.2) is 59.3 Å². The van der Waals surface area contributed by atoms with Gasteiger partial charge < -0.3 is 15.5 Å². The van der Waals surface area contributed by atoms with Crippen molar-refractivity contribution in [1.82, 2.24) is 19.7 Å². The van der Waals surface area contributed by atoms with Crippen LogP contribution in [0.2, 0.25) is 0 Å². The van der Waals surface area contributed by atoms with Gasteiger partial charge in [-0.25, -0.2) is 4.68 Å². The number of rotatable bonds is 4. The molecule has 0 radical (unpaired) electrons. The Hall–Kier alpha value is -3.35. The first-order chi connectivity index (χ1) is 11.7. The Labute approximate surface area is 138 Å². The molecule has 0 fully saturated rings. The number of hydrogen-bond acceptors (Lipinski definition) is 6. The molecule has 0 saturated heterocycles. The number of nitrogens with one attached hydrogen (secondary N) is 1. The molecule has 24 heavy (non-hydrogen) atoms. The van der Waals surface area contributed by atoms with Crippen LogP contribution in [0.25, 0.3) is 16.8 Å². The first kappa shape index (κ1) is 14.3. The van der Waals surface area contributed by atoms with Gasteiger partial charge in [-0.1, -0.05) is 18.2 Å². The normalized spacial score (nSPS) is 12.4. The number of nitrogen functional groups attached to an aromatic ring is 1. The summed E-state index contributed by atoms with van der Waals surface area (Å²) in [5.74, 6) is 2.23. The SMILES string of the molecule is C[C@@H](Nc1cc(-n2cccn2)nc(N)n1)c1cc2ccccc2o1. The van der Waals surface area contributed by atoms with Gasteiger partial charge in [0.25, 0.3) is 0 Å². The zero-order chi connectivity index (χ0) is 16.5. The molecule has 120 valence electrons. The lowest BCUT2D eigenvalue weighted by atomic mass is 10.2. The highest BCUT2D eigenvalue weighted by Crippen LogP contribution is 2.26. The number of fused-ring (bicyclic) bond motifs is 1. The number of nitrogens with two attached hydrogens (primary N) is 1. The monoisotopic (exact) mass is 320 g/mol. The molecule has 3 N–H and O–H groups in total. The topological polar surface area (TPSA) is 94.8 Å². The Morgan fingerprint density at radius 3 is 2.83 bits per heavy atom. The predicted molar refractivity (Wildman–Crippen MR) is 91.8 cm³/mol. The van der Waals surface area contributed by atoms with Crippen LogP contribution in [0.3, 0.4) is 0 Å². The maximum atomic E-state index is 5.88. The minimum atomic E-state index is -0.0721. The van der Waals surface area contributed by atoms with E-state index in [4.69, 9.17) is 10.2 Å². The molecule has 3 aromatic heterocycles. The summed E-state index contributed by atoms with van der Waals surface area (Å²) in [5.41, 5.74) is 6.68. The summed E-state index contributed by atoms with van der Waals surface area (Å²) in [4.78, 5) is 8.43. The second kappa shape index (κ2) is 5.69. The van der Waals surface area contributed by atoms with Crippen molar-refractivity contribution in [3.05, 3.63) is 60.6 Å². The fourth-order valence-electron chi connectivity index (χ4n) is 2.56. The summed E-state index contributed by atoms with van der Waals surface area (Å²) in [5, 5.41) is 8.53. The molecular formula is C17H16N6O. The van der Waals surface area contributed by atoms with Crippen LogP contribution >= 0.6 is 0 Å². The van der Waals surface area contributed by atoms with Crippen molar-refractivity contribution in [3.63, 3.8) is 0 Å². The molecule has 7 nitrogen and oxygen atoms in total. The van der Waals surface area contributed by atoms with E-state index in [2.05, 4.69) is 20.4 Å². The molecule has 0 bridgehead atoms. The Kier molecular flexibility index (Phi) is 3.38. The van der Waals surface area contributed by atoms with Crippen LogP contribution < -0.4 is 11.1 Å². The fourth-order valence-corrected chi connectivity index (χ4v) is 2.56. The van der Waals surface area contributed by atoms with Gasteiger partial charge in [-0.3, -0.25) is 0 Å². The molecule has 0 spiro atoms. The summed E-state index contributed by atoms with van der Waals surface area (Å²) in [7, 11) is 0. The summed E-state index contributed by atoms with van der Waals surface area (Å²) in [6.07, 6.45) is 3.48. The zero-order valence-corrected chi connectivity index (χ0v) is 13.0. The lowest BCUT2D eigenvalue weighted by Crippen LogP contribution is -2.10. The maximum Gasteiger partial charge on any atom is 0.224 e. The Morgan fingerprint density at radius 2 is 2.04 bits per heavy atom. The van der Waals surface area contributed by atoms with Crippen molar-refractivity contribution in [1.29, 1.82) is 0 Å². The zero-order valence-electron chi connectivity index (χ0n) is 13.0. The maximum absolute atomic E-state index is 5.88. The second-order valence-corrected chi connectivity index (χ2v) is 5.47. The third kappa shape index (κ3) is 2.67. The van der Waals surface area contributed by atoms with Crippen LogP contribution in [0, 0.1) is 0 Å². The molecule has 4 rings (SSSR count). The van der Waals surface area contributed by atoms with E-state index in [1.54, 1.807) is 23.1 Å². The highest BCUT2D eigenvalue weighted by Gasteiger charge is 2.13. The van der Waals surface area contributed by atoms with Crippen LogP contribution in [0.1, 0.15) is 18.7 Å². The van der Waals surface area contributed by atoms with E-state index in [0.29, 0.717) is 11.6 Å². The van der Waals surface area contributed by atoms with E-state index in [9.17, 15) is 0 Å². The molecule has 1 atom stereocenters. The number of aromatic nitrogens is 4. The summed E-state index contributed by atoms with van der Waals surface area (Å²) in [6, 6.07) is 13.5. The summed E-state index contributed by atoms with van der Waals surface area (Å²) >= 11 is 0. The van der Waals surface area contributed by atoms with Gasteiger partial charge in [-0.15, -0.1) is 0 Å².